The van der Waals surface area contributed by atoms with Crippen molar-refractivity contribution in [2.75, 3.05) is 18.5 Å². The van der Waals surface area contributed by atoms with Crippen molar-refractivity contribution in [2.24, 2.45) is 23.7 Å². The number of hydrogen-bond acceptors (Lipinski definition) is 5. The van der Waals surface area contributed by atoms with Gasteiger partial charge >= 0.3 is 5.97 Å². The summed E-state index contributed by atoms with van der Waals surface area (Å²) in [7, 11) is 0. The normalized spacial score (nSPS) is 27.3. The Morgan fingerprint density at radius 1 is 1.18 bits per heavy atom. The van der Waals surface area contributed by atoms with E-state index in [0.717, 1.165) is 11.3 Å². The average Bonchev–Trinajstić information content (AvgIpc) is 3.33. The van der Waals surface area contributed by atoms with Crippen molar-refractivity contribution < 1.29 is 23.9 Å². The highest BCUT2D eigenvalue weighted by molar-refractivity contribution is 9.10. The lowest BCUT2D eigenvalue weighted by atomic mass is 9.85. The zero-order chi connectivity index (χ0) is 20.0. The van der Waals surface area contributed by atoms with Crippen LogP contribution in [0.15, 0.2) is 34.8 Å². The van der Waals surface area contributed by atoms with E-state index < -0.39 is 25.0 Å². The van der Waals surface area contributed by atoms with Crippen LogP contribution < -0.4 is 5.32 Å². The van der Waals surface area contributed by atoms with Crippen LogP contribution in [0.3, 0.4) is 0 Å². The van der Waals surface area contributed by atoms with Gasteiger partial charge in [0.1, 0.15) is 6.54 Å². The number of fused-ring (bicyclic) bond motifs is 5. The second-order valence-electron chi connectivity index (χ2n) is 7.10. The summed E-state index contributed by atoms with van der Waals surface area (Å²) in [6, 6.07) is 4.86. The zero-order valence-corrected chi connectivity index (χ0v) is 16.9. The fraction of sp³-hybridized carbons (Fsp3) is 0.368. The number of nitrogens with zero attached hydrogens (tertiary/aromatic N) is 1. The number of carbonyl (C=O) groups is 4. The molecule has 1 aromatic rings. The molecule has 2 bridgehead atoms. The summed E-state index contributed by atoms with van der Waals surface area (Å²) in [6.45, 7) is -0.996. The standard InChI is InChI=1S/C19H16BrClN2O5/c20-12-4-3-11(6-13(12)21)22-14(24)8-28-15(25)7-23-18(26)16-9-1-2-10(5-9)17(16)19(23)27/h1-4,6,9-10,16-17H,5,7-8H2,(H,22,24)/t9-,10-,16-,17-/m0/s1. The predicted octanol–water partition coefficient (Wildman–Crippen LogP) is 2.39. The van der Waals surface area contributed by atoms with E-state index in [0.29, 0.717) is 15.2 Å². The number of esters is 1. The summed E-state index contributed by atoms with van der Waals surface area (Å²) >= 11 is 9.20. The maximum absolute atomic E-state index is 12.5. The molecular formula is C19H16BrClN2O5. The summed E-state index contributed by atoms with van der Waals surface area (Å²) < 4.78 is 5.61. The Bertz CT molecular complexity index is 888. The predicted molar refractivity (Wildman–Crippen MR) is 103 cm³/mol. The van der Waals surface area contributed by atoms with E-state index in [1.165, 1.54) is 0 Å². The van der Waals surface area contributed by atoms with E-state index in [9.17, 15) is 19.2 Å². The first-order valence-electron chi connectivity index (χ1n) is 8.79. The summed E-state index contributed by atoms with van der Waals surface area (Å²) in [5, 5.41) is 2.98. The molecule has 1 saturated heterocycles. The lowest BCUT2D eigenvalue weighted by Crippen LogP contribution is -2.38. The molecule has 2 aliphatic carbocycles. The number of amides is 3. The maximum Gasteiger partial charge on any atom is 0.326 e. The molecule has 4 rings (SSSR count). The van der Waals surface area contributed by atoms with Crippen molar-refractivity contribution in [2.45, 2.75) is 6.42 Å². The second kappa shape index (κ2) is 7.33. The number of likely N-dealkylation sites (tertiary alicyclic amines) is 1. The van der Waals surface area contributed by atoms with E-state index in [-0.39, 0.29) is 35.5 Å². The third-order valence-electron chi connectivity index (χ3n) is 5.42. The monoisotopic (exact) mass is 466 g/mol. The van der Waals surface area contributed by atoms with Gasteiger partial charge in [0.15, 0.2) is 6.61 Å². The summed E-state index contributed by atoms with van der Waals surface area (Å²) in [5.41, 5.74) is 0.454. The van der Waals surface area contributed by atoms with Gasteiger partial charge in [0, 0.05) is 10.2 Å². The Balaban J connectivity index is 1.29. The Morgan fingerprint density at radius 2 is 1.82 bits per heavy atom. The van der Waals surface area contributed by atoms with Crippen LogP contribution >= 0.6 is 27.5 Å². The molecule has 1 saturated carbocycles. The highest BCUT2D eigenvalue weighted by Gasteiger charge is 2.59. The van der Waals surface area contributed by atoms with Gasteiger partial charge in [0.25, 0.3) is 5.91 Å². The van der Waals surface area contributed by atoms with Crippen LogP contribution in [0.25, 0.3) is 0 Å². The van der Waals surface area contributed by atoms with Crippen LogP contribution in [-0.4, -0.2) is 41.7 Å². The van der Waals surface area contributed by atoms with Gasteiger partial charge < -0.3 is 10.1 Å². The van der Waals surface area contributed by atoms with E-state index in [4.69, 9.17) is 16.3 Å². The minimum Gasteiger partial charge on any atom is -0.454 e. The number of rotatable bonds is 5. The smallest absolute Gasteiger partial charge is 0.326 e. The van der Waals surface area contributed by atoms with Gasteiger partial charge in [-0.3, -0.25) is 24.1 Å². The van der Waals surface area contributed by atoms with Crippen LogP contribution in [-0.2, 0) is 23.9 Å². The molecule has 3 aliphatic rings. The van der Waals surface area contributed by atoms with Crippen LogP contribution in [0.2, 0.25) is 5.02 Å². The first-order chi connectivity index (χ1) is 13.3. The molecule has 0 spiro atoms. The van der Waals surface area contributed by atoms with Gasteiger partial charge in [0.05, 0.1) is 16.9 Å². The number of imide groups is 1. The van der Waals surface area contributed by atoms with Gasteiger partial charge in [0.2, 0.25) is 11.8 Å². The van der Waals surface area contributed by atoms with Crippen LogP contribution in [0, 0.1) is 23.7 Å². The van der Waals surface area contributed by atoms with Gasteiger partial charge in [-0.15, -0.1) is 0 Å². The Morgan fingerprint density at radius 3 is 2.43 bits per heavy atom. The lowest BCUT2D eigenvalue weighted by Gasteiger charge is -2.16. The molecule has 28 heavy (non-hydrogen) atoms. The van der Waals surface area contributed by atoms with Crippen LogP contribution in [0.4, 0.5) is 5.69 Å². The van der Waals surface area contributed by atoms with Gasteiger partial charge in [-0.05, 0) is 52.4 Å². The first kappa shape index (κ1) is 19.1. The molecule has 2 fully saturated rings. The number of allylic oxidation sites excluding steroid dienone is 2. The fourth-order valence-corrected chi connectivity index (χ4v) is 4.64. The minimum atomic E-state index is -0.800. The zero-order valence-electron chi connectivity index (χ0n) is 14.6. The summed E-state index contributed by atoms with van der Waals surface area (Å²) in [6.07, 6.45) is 4.79. The van der Waals surface area contributed by atoms with Crippen molar-refractivity contribution >= 4 is 56.9 Å². The van der Waals surface area contributed by atoms with Crippen molar-refractivity contribution in [1.82, 2.24) is 4.90 Å². The van der Waals surface area contributed by atoms with Crippen LogP contribution in [0.1, 0.15) is 6.42 Å². The molecule has 146 valence electrons. The summed E-state index contributed by atoms with van der Waals surface area (Å²) in [5.74, 6) is -2.56. The molecule has 1 aromatic carbocycles. The molecule has 1 heterocycles. The molecule has 9 heteroatoms. The Hall–Kier alpha value is -2.19. The lowest BCUT2D eigenvalue weighted by molar-refractivity contribution is -0.154. The highest BCUT2D eigenvalue weighted by atomic mass is 79.9. The average molecular weight is 468 g/mol. The fourth-order valence-electron chi connectivity index (χ4n) is 4.21. The summed E-state index contributed by atoms with van der Waals surface area (Å²) in [4.78, 5) is 50.0. The number of halogens is 2. The molecule has 7 nitrogen and oxygen atoms in total. The molecule has 4 atom stereocenters. The van der Waals surface area contributed by atoms with Crippen molar-refractivity contribution in [1.29, 1.82) is 0 Å². The molecular weight excluding hydrogens is 452 g/mol. The number of nitrogens with one attached hydrogen (secondary N) is 1. The maximum atomic E-state index is 12.5. The second-order valence-corrected chi connectivity index (χ2v) is 8.36. The van der Waals surface area contributed by atoms with E-state index >= 15 is 0 Å². The third-order valence-corrected chi connectivity index (χ3v) is 6.65. The van der Waals surface area contributed by atoms with Crippen molar-refractivity contribution in [3.05, 3.63) is 39.8 Å². The molecule has 0 radical (unpaired) electrons. The van der Waals surface area contributed by atoms with Gasteiger partial charge in [-0.25, -0.2) is 0 Å². The van der Waals surface area contributed by atoms with E-state index in [1.807, 2.05) is 12.2 Å². The topological polar surface area (TPSA) is 92.8 Å². The number of hydrogen-bond donors (Lipinski definition) is 1. The van der Waals surface area contributed by atoms with Crippen molar-refractivity contribution in [3.63, 3.8) is 0 Å². The molecule has 1 N–H and O–H groups in total. The number of anilines is 1. The van der Waals surface area contributed by atoms with Gasteiger partial charge in [-0.1, -0.05) is 23.8 Å². The quantitative estimate of drug-likeness (QED) is 0.408. The Labute approximate surface area is 174 Å². The highest BCUT2D eigenvalue weighted by Crippen LogP contribution is 2.52. The minimum absolute atomic E-state index is 0.0796. The van der Waals surface area contributed by atoms with Crippen LogP contribution in [0.5, 0.6) is 0 Å². The molecule has 0 unspecified atom stereocenters. The third kappa shape index (κ3) is 3.35. The van der Waals surface area contributed by atoms with Crippen molar-refractivity contribution in [3.8, 4) is 0 Å². The largest absolute Gasteiger partial charge is 0.454 e. The molecule has 0 aromatic heterocycles. The number of carbonyl (C=O) groups excluding carboxylic acids is 4. The molecule has 3 amide bonds. The Kier molecular flexibility index (Phi) is 5.01. The van der Waals surface area contributed by atoms with E-state index in [2.05, 4.69) is 21.2 Å². The van der Waals surface area contributed by atoms with E-state index in [1.54, 1.807) is 18.2 Å². The number of benzene rings is 1. The molecule has 1 aliphatic heterocycles. The first-order valence-corrected chi connectivity index (χ1v) is 9.96. The van der Waals surface area contributed by atoms with Gasteiger partial charge in [-0.2, -0.15) is 0 Å². The SMILES string of the molecule is O=C(COC(=O)CN1C(=O)[C@@H]2[C@@H](C1=O)[C@H]1C=C[C@H]2C1)Nc1ccc(Br)c(Cl)c1. The number of ether oxygens (including phenoxy) is 1.